The van der Waals surface area contributed by atoms with Crippen LogP contribution in [0.3, 0.4) is 0 Å². The highest BCUT2D eigenvalue weighted by molar-refractivity contribution is 7.75. The highest BCUT2D eigenvalue weighted by atomic mass is 35.5. The lowest BCUT2D eigenvalue weighted by Gasteiger charge is -2.52. The maximum atomic E-state index is 6.94. The van der Waals surface area contributed by atoms with Crippen LogP contribution in [0.4, 0.5) is 0 Å². The average molecular weight is 713 g/mol. The molecule has 0 aromatic carbocycles. The third-order valence-electron chi connectivity index (χ3n) is 8.30. The van der Waals surface area contributed by atoms with Crippen LogP contribution in [0.1, 0.15) is 160 Å². The van der Waals surface area contributed by atoms with Crippen LogP contribution in [0.25, 0.3) is 0 Å². The maximum absolute atomic E-state index is 6.94. The van der Waals surface area contributed by atoms with Crippen LogP contribution in [0.15, 0.2) is 4.52 Å². The van der Waals surface area contributed by atoms with Gasteiger partial charge < -0.3 is 12.4 Å². The lowest BCUT2D eigenvalue weighted by molar-refractivity contribution is -0.0000109. The Morgan fingerprint density at radius 1 is 0.326 bits per heavy atom. The Bertz CT molecular complexity index is 621. The standard InChI is InChI=1S/C36H84N7P2.ClH/c1-13-25-38(26-14-2)44(39(27-15-3)28-16-4,40(29-17-5)30-18-6)37-45(41(31-19-7)32-20-8,42(33-21-9)34-22-10)43(35-23-11)36-24-12;/h13-36H2,1-12H3;1H/q+1;/p-1. The van der Waals surface area contributed by atoms with Crippen molar-refractivity contribution in [3.63, 3.8) is 0 Å². The first-order chi connectivity index (χ1) is 21.8. The van der Waals surface area contributed by atoms with E-state index in [9.17, 15) is 0 Å². The van der Waals surface area contributed by atoms with Crippen molar-refractivity contribution < 1.29 is 12.4 Å². The number of hydrogen-bond donors (Lipinski definition) is 0. The lowest BCUT2D eigenvalue weighted by Crippen LogP contribution is -3.00. The number of hydrogen-bond acceptors (Lipinski definition) is 4. The number of rotatable bonds is 31. The Hall–Kier alpha value is 0.710. The van der Waals surface area contributed by atoms with E-state index in [0.717, 1.165) is 78.5 Å². The molecule has 0 saturated carbocycles. The Morgan fingerprint density at radius 2 is 0.500 bits per heavy atom. The zero-order chi connectivity index (χ0) is 34.1. The maximum Gasteiger partial charge on any atom is 0.357 e. The van der Waals surface area contributed by atoms with Crippen molar-refractivity contribution in [2.45, 2.75) is 160 Å². The van der Waals surface area contributed by atoms with Gasteiger partial charge >= 0.3 is 7.87 Å². The van der Waals surface area contributed by atoms with E-state index in [1.54, 1.807) is 0 Å². The van der Waals surface area contributed by atoms with Crippen LogP contribution in [0, 0.1) is 0 Å². The molecule has 46 heavy (non-hydrogen) atoms. The Labute approximate surface area is 298 Å². The summed E-state index contributed by atoms with van der Waals surface area (Å²) in [6, 6.07) is 0. The summed E-state index contributed by atoms with van der Waals surface area (Å²) in [4.78, 5) is 0. The minimum atomic E-state index is -2.30. The van der Waals surface area contributed by atoms with Gasteiger partial charge in [-0.05, 0) is 81.6 Å². The van der Waals surface area contributed by atoms with Gasteiger partial charge in [0.2, 0.25) is 7.51 Å². The Morgan fingerprint density at radius 3 is 0.652 bits per heavy atom. The molecule has 0 aliphatic carbocycles. The molecular formula is C36H84ClN7P2. The smallest absolute Gasteiger partial charge is 0.357 e. The number of halogens is 1. The molecule has 0 aliphatic rings. The molecule has 0 aliphatic heterocycles. The molecule has 0 amide bonds. The van der Waals surface area contributed by atoms with Crippen LogP contribution in [0.5, 0.6) is 0 Å². The van der Waals surface area contributed by atoms with E-state index < -0.39 is 15.4 Å². The molecule has 0 atom stereocenters. The summed E-state index contributed by atoms with van der Waals surface area (Å²) < 4.78 is 24.8. The van der Waals surface area contributed by atoms with Gasteiger partial charge in [-0.15, -0.1) is 14.0 Å². The largest absolute Gasteiger partial charge is 1.00 e. The van der Waals surface area contributed by atoms with Crippen LogP contribution in [0.2, 0.25) is 0 Å². The zero-order valence-corrected chi connectivity index (χ0v) is 35.9. The van der Waals surface area contributed by atoms with Gasteiger partial charge in [-0.25, -0.2) is 14.0 Å². The second kappa shape index (κ2) is 29.4. The SMILES string of the molecule is CCCN(CCC)P(=N[P+](N(CCC)CCC)(N(CCC)CCC)N(CCC)CCC)(N(CCC)CCC)N(CCC)CCC.[Cl-]. The lowest BCUT2D eigenvalue weighted by atomic mass is 10.4. The molecular weight excluding hydrogens is 628 g/mol. The van der Waals surface area contributed by atoms with Crippen molar-refractivity contribution in [1.29, 1.82) is 0 Å². The fraction of sp³-hybridized carbons (Fsp3) is 1.00. The van der Waals surface area contributed by atoms with Crippen LogP contribution in [-0.2, 0) is 0 Å². The second-order valence-electron chi connectivity index (χ2n) is 12.9. The summed E-state index contributed by atoms with van der Waals surface area (Å²) >= 11 is 0. The van der Waals surface area contributed by atoms with Gasteiger partial charge in [0, 0.05) is 78.5 Å². The molecule has 0 rings (SSSR count). The van der Waals surface area contributed by atoms with Gasteiger partial charge in [0.05, 0.1) is 0 Å². The molecule has 0 bridgehead atoms. The van der Waals surface area contributed by atoms with Gasteiger partial charge in [-0.3, -0.25) is 0 Å². The molecule has 0 unspecified atom stereocenters. The fourth-order valence-corrected chi connectivity index (χ4v) is 18.7. The second-order valence-corrected chi connectivity index (χ2v) is 19.1. The summed E-state index contributed by atoms with van der Waals surface area (Å²) in [5.74, 6) is 0. The van der Waals surface area contributed by atoms with Crippen molar-refractivity contribution in [3.05, 3.63) is 0 Å². The van der Waals surface area contributed by atoms with E-state index in [1.165, 1.54) is 77.0 Å². The molecule has 0 heterocycles. The highest BCUT2D eigenvalue weighted by Gasteiger charge is 2.60. The van der Waals surface area contributed by atoms with Gasteiger partial charge in [-0.1, -0.05) is 83.1 Å². The molecule has 0 spiro atoms. The van der Waals surface area contributed by atoms with Crippen molar-refractivity contribution in [3.8, 4) is 0 Å². The molecule has 0 aromatic heterocycles. The first kappa shape index (κ1) is 48.8. The highest BCUT2D eigenvalue weighted by Crippen LogP contribution is 2.77. The monoisotopic (exact) mass is 712 g/mol. The van der Waals surface area contributed by atoms with Crippen LogP contribution >= 0.6 is 15.4 Å². The first-order valence-corrected chi connectivity index (χ1v) is 23.1. The molecule has 0 N–H and O–H groups in total. The zero-order valence-electron chi connectivity index (χ0n) is 33.4. The molecule has 10 heteroatoms. The minimum absolute atomic E-state index is 0. The van der Waals surface area contributed by atoms with Crippen molar-refractivity contribution in [1.82, 2.24) is 28.0 Å². The fourth-order valence-electron chi connectivity index (χ4n) is 6.95. The Balaban J connectivity index is 0. The quantitative estimate of drug-likeness (QED) is 0.0673. The van der Waals surface area contributed by atoms with Crippen molar-refractivity contribution in [2.75, 3.05) is 78.5 Å². The third kappa shape index (κ3) is 13.8. The number of nitrogens with zero attached hydrogens (tertiary/aromatic N) is 7. The third-order valence-corrected chi connectivity index (χ3v) is 17.2. The predicted molar refractivity (Wildman–Crippen MR) is 209 cm³/mol. The molecule has 280 valence electrons. The summed E-state index contributed by atoms with van der Waals surface area (Å²) in [5, 5.41) is 0. The summed E-state index contributed by atoms with van der Waals surface area (Å²) in [6.45, 7) is 42.3. The molecule has 0 fully saturated rings. The topological polar surface area (TPSA) is 31.8 Å². The first-order valence-electron chi connectivity index (χ1n) is 19.9. The molecule has 7 nitrogen and oxygen atoms in total. The van der Waals surface area contributed by atoms with Gasteiger partial charge in [0.15, 0.2) is 0 Å². The van der Waals surface area contributed by atoms with Gasteiger partial charge in [-0.2, -0.15) is 0 Å². The predicted octanol–water partition coefficient (Wildman–Crippen LogP) is 8.35. The van der Waals surface area contributed by atoms with Crippen molar-refractivity contribution >= 4 is 15.4 Å². The minimum Gasteiger partial charge on any atom is -1.00 e. The molecule has 0 aromatic rings. The average Bonchev–Trinajstić information content (AvgIpc) is 3.02. The summed E-state index contributed by atoms with van der Waals surface area (Å²) in [5.41, 5.74) is 0. The van der Waals surface area contributed by atoms with Crippen LogP contribution in [-0.4, -0.2) is 107 Å². The summed E-state index contributed by atoms with van der Waals surface area (Å²) in [6.07, 6.45) is 14.1. The van der Waals surface area contributed by atoms with Crippen LogP contribution < -0.4 is 12.4 Å². The van der Waals surface area contributed by atoms with E-state index in [4.69, 9.17) is 4.52 Å². The normalized spacial score (nSPS) is 12.8. The van der Waals surface area contributed by atoms with Gasteiger partial charge in [0.1, 0.15) is 0 Å². The van der Waals surface area contributed by atoms with Crippen molar-refractivity contribution in [2.24, 2.45) is 4.52 Å². The van der Waals surface area contributed by atoms with E-state index >= 15 is 0 Å². The van der Waals surface area contributed by atoms with E-state index in [1.807, 2.05) is 0 Å². The van der Waals surface area contributed by atoms with E-state index in [0.29, 0.717) is 0 Å². The molecule has 0 saturated heterocycles. The molecule has 0 radical (unpaired) electrons. The Kier molecular flexibility index (Phi) is 31.2. The van der Waals surface area contributed by atoms with E-state index in [2.05, 4.69) is 111 Å². The van der Waals surface area contributed by atoms with Gasteiger partial charge in [0.25, 0.3) is 0 Å². The van der Waals surface area contributed by atoms with E-state index in [-0.39, 0.29) is 12.4 Å². The summed E-state index contributed by atoms with van der Waals surface area (Å²) in [7, 11) is -4.60.